The van der Waals surface area contributed by atoms with Crippen molar-refractivity contribution in [2.24, 2.45) is 0 Å². The zero-order chi connectivity index (χ0) is 40.7. The van der Waals surface area contributed by atoms with Crippen molar-refractivity contribution in [3.05, 3.63) is 60.8 Å². The van der Waals surface area contributed by atoms with Gasteiger partial charge in [-0.15, -0.1) is 0 Å². The predicted molar refractivity (Wildman–Crippen MR) is 229 cm³/mol. The molecule has 8 nitrogen and oxygen atoms in total. The van der Waals surface area contributed by atoms with Crippen LogP contribution in [-0.2, 0) is 28.6 Å². The van der Waals surface area contributed by atoms with Crippen molar-refractivity contribution in [1.82, 2.24) is 0 Å². The number of carbonyl (C=O) groups is 3. The fourth-order valence-corrected chi connectivity index (χ4v) is 6.00. The van der Waals surface area contributed by atoms with Crippen molar-refractivity contribution in [3.8, 4) is 0 Å². The van der Waals surface area contributed by atoms with E-state index in [1.54, 1.807) is 0 Å². The fraction of sp³-hybridized carbons (Fsp3) is 0.723. The van der Waals surface area contributed by atoms with Crippen molar-refractivity contribution >= 4 is 17.9 Å². The smallest absolute Gasteiger partial charge is 0.362 e. The molecule has 0 saturated heterocycles. The highest BCUT2D eigenvalue weighted by Gasteiger charge is 2.31. The lowest BCUT2D eigenvalue weighted by molar-refractivity contribution is -0.887. The van der Waals surface area contributed by atoms with E-state index in [4.69, 9.17) is 14.2 Å². The number of likely N-dealkylation sites (N-methyl/N-ethyl adjacent to an activating group) is 1. The largest absolute Gasteiger partial charge is 0.477 e. The van der Waals surface area contributed by atoms with Crippen LogP contribution >= 0.6 is 0 Å². The molecular formula is C47H82NO7+. The van der Waals surface area contributed by atoms with E-state index in [-0.39, 0.29) is 36.2 Å². The topological polar surface area (TPSA) is 99.1 Å². The summed E-state index contributed by atoms with van der Waals surface area (Å²) in [5, 5.41) is 9.61. The monoisotopic (exact) mass is 773 g/mol. The van der Waals surface area contributed by atoms with Gasteiger partial charge >= 0.3 is 17.9 Å². The Kier molecular flexibility index (Phi) is 35.9. The van der Waals surface area contributed by atoms with Gasteiger partial charge < -0.3 is 23.8 Å². The number of aliphatic carboxylic acids is 1. The zero-order valence-corrected chi connectivity index (χ0v) is 35.9. The van der Waals surface area contributed by atoms with E-state index in [0.717, 1.165) is 89.9 Å². The lowest BCUT2D eigenvalue weighted by atomic mass is 10.1. The number of carboxylic acid groups (broad SMARTS) is 1. The Bertz CT molecular complexity index is 1090. The highest BCUT2D eigenvalue weighted by molar-refractivity contribution is 5.72. The van der Waals surface area contributed by atoms with Gasteiger partial charge in [0.1, 0.15) is 6.61 Å². The number of esters is 2. The molecule has 0 aliphatic rings. The Morgan fingerprint density at radius 1 is 0.564 bits per heavy atom. The summed E-state index contributed by atoms with van der Waals surface area (Å²) in [6.07, 6.45) is 45.5. The number of carboxylic acids is 1. The summed E-state index contributed by atoms with van der Waals surface area (Å²) in [4.78, 5) is 36.9. The average Bonchev–Trinajstić information content (AvgIpc) is 3.14. The third-order valence-electron chi connectivity index (χ3n) is 9.40. The second kappa shape index (κ2) is 37.9. The number of hydrogen-bond donors (Lipinski definition) is 1. The molecule has 0 fully saturated rings. The van der Waals surface area contributed by atoms with Gasteiger partial charge in [-0.1, -0.05) is 139 Å². The van der Waals surface area contributed by atoms with Gasteiger partial charge in [0.15, 0.2) is 12.1 Å². The van der Waals surface area contributed by atoms with E-state index in [0.29, 0.717) is 19.3 Å². The summed E-state index contributed by atoms with van der Waals surface area (Å²) in [6.45, 7) is 4.55. The summed E-state index contributed by atoms with van der Waals surface area (Å²) in [5.74, 6) is -1.50. The van der Waals surface area contributed by atoms with Gasteiger partial charge in [-0.25, -0.2) is 4.79 Å². The van der Waals surface area contributed by atoms with Gasteiger partial charge in [0, 0.05) is 19.3 Å². The van der Waals surface area contributed by atoms with E-state index < -0.39 is 18.1 Å². The number of carbonyl (C=O) groups excluding carboxylic acids is 2. The van der Waals surface area contributed by atoms with Gasteiger partial charge in [-0.2, -0.15) is 0 Å². The summed E-state index contributed by atoms with van der Waals surface area (Å²) >= 11 is 0. The normalized spacial score (nSPS) is 13.5. The molecule has 0 aliphatic carbocycles. The highest BCUT2D eigenvalue weighted by Crippen LogP contribution is 2.13. The molecule has 1 N–H and O–H groups in total. The SMILES string of the molecule is CC/C=C/C/C=C/C/C=C/C/C=C/CCCCCCCCCC(=O)OC(COCCC(C(=O)O)[N+](C)(C)C)COC(=O)CCCCCCC/C=C/CCCC. The van der Waals surface area contributed by atoms with Gasteiger partial charge in [-0.05, 0) is 70.6 Å². The van der Waals surface area contributed by atoms with E-state index in [9.17, 15) is 19.5 Å². The Labute approximate surface area is 337 Å². The number of unbranched alkanes of at least 4 members (excludes halogenated alkanes) is 14. The highest BCUT2D eigenvalue weighted by atomic mass is 16.6. The lowest BCUT2D eigenvalue weighted by Crippen LogP contribution is -2.50. The molecule has 316 valence electrons. The van der Waals surface area contributed by atoms with Crippen LogP contribution in [0, 0.1) is 0 Å². The van der Waals surface area contributed by atoms with Crippen molar-refractivity contribution in [1.29, 1.82) is 0 Å². The van der Waals surface area contributed by atoms with Crippen LogP contribution in [0.4, 0.5) is 0 Å². The Morgan fingerprint density at radius 3 is 1.53 bits per heavy atom. The number of nitrogens with zero attached hydrogens (tertiary/aromatic N) is 1. The van der Waals surface area contributed by atoms with Crippen LogP contribution in [0.3, 0.4) is 0 Å². The minimum Gasteiger partial charge on any atom is -0.477 e. The molecule has 0 aliphatic heterocycles. The molecule has 0 aromatic heterocycles. The van der Waals surface area contributed by atoms with Crippen molar-refractivity contribution in [3.63, 3.8) is 0 Å². The quantitative estimate of drug-likeness (QED) is 0.0289. The molecule has 0 aromatic carbocycles. The van der Waals surface area contributed by atoms with Crippen LogP contribution < -0.4 is 0 Å². The first-order valence-corrected chi connectivity index (χ1v) is 21.8. The predicted octanol–water partition coefficient (Wildman–Crippen LogP) is 11.8. The van der Waals surface area contributed by atoms with Crippen LogP contribution in [0.2, 0.25) is 0 Å². The van der Waals surface area contributed by atoms with Crippen molar-refractivity contribution in [2.45, 2.75) is 180 Å². The molecule has 2 atom stereocenters. The Balaban J connectivity index is 4.35. The van der Waals surface area contributed by atoms with Gasteiger partial charge in [0.05, 0.1) is 34.4 Å². The van der Waals surface area contributed by atoms with Gasteiger partial charge in [0.25, 0.3) is 0 Å². The molecule has 8 heteroatoms. The minimum atomic E-state index is -0.880. The van der Waals surface area contributed by atoms with E-state index >= 15 is 0 Å². The summed E-state index contributed by atoms with van der Waals surface area (Å²) in [5.41, 5.74) is 0. The molecule has 0 heterocycles. The molecule has 0 spiro atoms. The van der Waals surface area contributed by atoms with Crippen molar-refractivity contribution in [2.75, 3.05) is 41.0 Å². The molecule has 0 amide bonds. The van der Waals surface area contributed by atoms with E-state index in [1.807, 2.05) is 21.1 Å². The van der Waals surface area contributed by atoms with E-state index in [2.05, 4.69) is 74.6 Å². The fourth-order valence-electron chi connectivity index (χ4n) is 6.00. The second-order valence-electron chi connectivity index (χ2n) is 15.6. The zero-order valence-electron chi connectivity index (χ0n) is 35.9. The van der Waals surface area contributed by atoms with E-state index in [1.165, 1.54) is 44.9 Å². The van der Waals surface area contributed by atoms with Crippen molar-refractivity contribution < 1.29 is 38.2 Å². The first kappa shape index (κ1) is 52.0. The number of ether oxygens (including phenoxy) is 3. The molecule has 0 aromatic rings. The second-order valence-corrected chi connectivity index (χ2v) is 15.6. The lowest BCUT2D eigenvalue weighted by Gasteiger charge is -2.31. The van der Waals surface area contributed by atoms with Crippen LogP contribution in [0.5, 0.6) is 0 Å². The maximum absolute atomic E-state index is 12.7. The average molecular weight is 773 g/mol. The van der Waals surface area contributed by atoms with Crippen LogP contribution in [0.15, 0.2) is 60.8 Å². The number of quaternary nitrogens is 1. The molecular weight excluding hydrogens is 691 g/mol. The minimum absolute atomic E-state index is 0.0519. The number of rotatable bonds is 38. The molecule has 0 bridgehead atoms. The molecule has 2 unspecified atom stereocenters. The summed E-state index contributed by atoms with van der Waals surface area (Å²) in [7, 11) is 5.51. The maximum atomic E-state index is 12.7. The third kappa shape index (κ3) is 36.4. The van der Waals surface area contributed by atoms with Crippen LogP contribution in [0.25, 0.3) is 0 Å². The first-order valence-electron chi connectivity index (χ1n) is 21.8. The van der Waals surface area contributed by atoms with Crippen LogP contribution in [0.1, 0.15) is 168 Å². The van der Waals surface area contributed by atoms with Gasteiger partial charge in [-0.3, -0.25) is 9.59 Å². The number of hydrogen-bond acceptors (Lipinski definition) is 6. The number of allylic oxidation sites excluding steroid dienone is 10. The molecule has 55 heavy (non-hydrogen) atoms. The Hall–Kier alpha value is -2.97. The standard InChI is InChI=1S/C47H81NO7/c1-6-8-10-12-14-16-18-19-20-21-22-23-24-25-26-28-30-32-34-36-38-46(50)55-43(41-53-40-39-44(47(51)52)48(3,4)5)42-54-45(49)37-35-33-31-29-27-17-15-13-11-9-7-2/h8,10,13-16,19-20,22-23,43-44H,6-7,9,11-12,17-18,21,24-42H2,1-5H3/p+1/b10-8+,15-13+,16-14+,20-19+,23-22+. The van der Waals surface area contributed by atoms with Gasteiger partial charge in [0.2, 0.25) is 0 Å². The summed E-state index contributed by atoms with van der Waals surface area (Å²) < 4.78 is 17.2. The first-order chi connectivity index (χ1) is 26.6. The summed E-state index contributed by atoms with van der Waals surface area (Å²) in [6, 6.07) is -0.619. The Morgan fingerprint density at radius 2 is 1.02 bits per heavy atom. The maximum Gasteiger partial charge on any atom is 0.362 e. The molecule has 0 radical (unpaired) electrons. The third-order valence-corrected chi connectivity index (χ3v) is 9.40. The van der Waals surface area contributed by atoms with Crippen LogP contribution in [-0.4, -0.2) is 80.6 Å². The molecule has 0 rings (SSSR count). The molecule has 0 saturated carbocycles.